The van der Waals surface area contributed by atoms with Gasteiger partial charge in [-0.15, -0.1) is 0 Å². The van der Waals surface area contributed by atoms with Gasteiger partial charge in [0.2, 0.25) is 0 Å². The van der Waals surface area contributed by atoms with Crippen LogP contribution < -0.4 is 9.88 Å². The summed E-state index contributed by atoms with van der Waals surface area (Å²) in [6.07, 6.45) is 4.40. The van der Waals surface area contributed by atoms with Crippen molar-refractivity contribution >= 4 is 17.6 Å². The standard InChI is InChI=1S/C18H25N3OS/c1-4-9-23-17-14(11-19)13-10-18(2,3)22-12-15(13)16(20-17)21-7-5-6-8-21/h4-10,12H2,1-3H3/p+1. The van der Waals surface area contributed by atoms with Gasteiger partial charge >= 0.3 is 0 Å². The molecular weight excluding hydrogens is 306 g/mol. The lowest BCUT2D eigenvalue weighted by molar-refractivity contribution is -0.414. The van der Waals surface area contributed by atoms with E-state index >= 15 is 0 Å². The summed E-state index contributed by atoms with van der Waals surface area (Å²) in [5.41, 5.74) is 3.03. The lowest BCUT2D eigenvalue weighted by Crippen LogP contribution is -2.37. The Balaban J connectivity index is 2.11. The smallest absolute Gasteiger partial charge is 0.281 e. The molecule has 0 amide bonds. The van der Waals surface area contributed by atoms with Gasteiger partial charge in [0.05, 0.1) is 30.9 Å². The van der Waals surface area contributed by atoms with E-state index < -0.39 is 0 Å². The molecule has 0 spiro atoms. The van der Waals surface area contributed by atoms with Crippen LogP contribution in [0.2, 0.25) is 0 Å². The lowest BCUT2D eigenvalue weighted by Gasteiger charge is -2.33. The van der Waals surface area contributed by atoms with Crippen molar-refractivity contribution in [2.45, 2.75) is 63.7 Å². The summed E-state index contributed by atoms with van der Waals surface area (Å²) < 4.78 is 6.05. The minimum absolute atomic E-state index is 0.199. The number of hydrogen-bond donors (Lipinski definition) is 0. The average Bonchev–Trinajstić information content (AvgIpc) is 3.05. The fraction of sp³-hybridized carbons (Fsp3) is 0.667. The van der Waals surface area contributed by atoms with Crippen LogP contribution in [-0.2, 0) is 17.8 Å². The molecule has 0 bridgehead atoms. The lowest BCUT2D eigenvalue weighted by atomic mass is 9.89. The number of nitriles is 1. The zero-order chi connectivity index (χ0) is 16.4. The topological polar surface area (TPSA) is 50.4 Å². The monoisotopic (exact) mass is 332 g/mol. The van der Waals surface area contributed by atoms with E-state index in [2.05, 4.69) is 36.7 Å². The average molecular weight is 332 g/mol. The van der Waals surface area contributed by atoms with Crippen molar-refractivity contribution in [3.63, 3.8) is 0 Å². The normalized spacial score (nSPS) is 19.5. The van der Waals surface area contributed by atoms with Crippen molar-refractivity contribution < 1.29 is 9.72 Å². The molecule has 1 fully saturated rings. The number of H-pyrrole nitrogens is 1. The third-order valence-corrected chi connectivity index (χ3v) is 5.81. The maximum Gasteiger partial charge on any atom is 0.281 e. The third kappa shape index (κ3) is 3.34. The van der Waals surface area contributed by atoms with Crippen molar-refractivity contribution in [1.29, 1.82) is 5.26 Å². The zero-order valence-electron chi connectivity index (χ0n) is 14.4. The van der Waals surface area contributed by atoms with Crippen LogP contribution >= 0.6 is 11.8 Å². The van der Waals surface area contributed by atoms with Crippen LogP contribution in [0.25, 0.3) is 0 Å². The first-order chi connectivity index (χ1) is 11.1. The van der Waals surface area contributed by atoms with E-state index in [-0.39, 0.29) is 5.60 Å². The maximum absolute atomic E-state index is 9.76. The van der Waals surface area contributed by atoms with Gasteiger partial charge in [0.15, 0.2) is 5.03 Å². The first-order valence-electron chi connectivity index (χ1n) is 8.58. The molecule has 0 atom stereocenters. The van der Waals surface area contributed by atoms with Gasteiger partial charge in [0.1, 0.15) is 11.6 Å². The number of ether oxygens (including phenoxy) is 1. The number of aromatic nitrogens is 1. The van der Waals surface area contributed by atoms with Crippen molar-refractivity contribution in [2.75, 3.05) is 23.7 Å². The molecule has 0 aromatic carbocycles. The van der Waals surface area contributed by atoms with E-state index in [0.29, 0.717) is 6.61 Å². The van der Waals surface area contributed by atoms with E-state index in [4.69, 9.17) is 4.74 Å². The van der Waals surface area contributed by atoms with Gasteiger partial charge in [-0.1, -0.05) is 18.7 Å². The molecular formula is C18H26N3OS+. The maximum atomic E-state index is 9.76. The Labute approximate surface area is 143 Å². The Morgan fingerprint density at radius 3 is 2.70 bits per heavy atom. The van der Waals surface area contributed by atoms with Crippen molar-refractivity contribution in [2.24, 2.45) is 0 Å². The molecule has 5 heteroatoms. The number of aromatic amines is 1. The number of pyridine rings is 1. The molecule has 1 aromatic rings. The number of thioether (sulfide) groups is 1. The Hall–Kier alpha value is -1.25. The van der Waals surface area contributed by atoms with Crippen LogP contribution in [0.3, 0.4) is 0 Å². The summed E-state index contributed by atoms with van der Waals surface area (Å²) in [6, 6.07) is 2.46. The van der Waals surface area contributed by atoms with Gasteiger partial charge in [-0.3, -0.25) is 4.90 Å². The number of anilines is 1. The van der Waals surface area contributed by atoms with Crippen LogP contribution in [0.15, 0.2) is 5.03 Å². The van der Waals surface area contributed by atoms with E-state index in [9.17, 15) is 5.26 Å². The highest BCUT2D eigenvalue weighted by molar-refractivity contribution is 7.99. The number of nitrogens with zero attached hydrogens (tertiary/aromatic N) is 2. The van der Waals surface area contributed by atoms with Crippen LogP contribution in [0.1, 0.15) is 56.7 Å². The van der Waals surface area contributed by atoms with Crippen LogP contribution in [0, 0.1) is 11.3 Å². The number of hydrogen-bond acceptors (Lipinski definition) is 4. The molecule has 2 aliphatic rings. The van der Waals surface area contributed by atoms with Crippen molar-refractivity contribution in [1.82, 2.24) is 0 Å². The molecule has 0 unspecified atom stereocenters. The summed E-state index contributed by atoms with van der Waals surface area (Å²) >= 11 is 1.77. The van der Waals surface area contributed by atoms with Gasteiger partial charge < -0.3 is 4.74 Å². The van der Waals surface area contributed by atoms with E-state index in [1.807, 2.05) is 0 Å². The SMILES string of the molecule is CCCSc1[nH+]c(N2CCCC2)c2c(c1C#N)CC(C)(C)OC2. The molecule has 4 nitrogen and oxygen atoms in total. The summed E-state index contributed by atoms with van der Waals surface area (Å²) in [7, 11) is 0. The molecule has 0 radical (unpaired) electrons. The summed E-state index contributed by atoms with van der Waals surface area (Å²) in [4.78, 5) is 6.01. The second-order valence-corrected chi connectivity index (χ2v) is 8.12. The predicted molar refractivity (Wildman–Crippen MR) is 92.7 cm³/mol. The minimum atomic E-state index is -0.199. The summed E-state index contributed by atoms with van der Waals surface area (Å²) in [5.74, 6) is 2.22. The molecule has 1 saturated heterocycles. The predicted octanol–water partition coefficient (Wildman–Crippen LogP) is 3.33. The first kappa shape index (κ1) is 16.6. The Bertz CT molecular complexity index is 630. The minimum Gasteiger partial charge on any atom is -0.370 e. The van der Waals surface area contributed by atoms with Crippen LogP contribution in [0.5, 0.6) is 0 Å². The van der Waals surface area contributed by atoms with Gasteiger partial charge in [0, 0.05) is 12.2 Å². The highest BCUT2D eigenvalue weighted by Crippen LogP contribution is 2.37. The molecule has 1 aromatic heterocycles. The van der Waals surface area contributed by atoms with Crippen molar-refractivity contribution in [3.05, 3.63) is 16.7 Å². The van der Waals surface area contributed by atoms with Gasteiger partial charge in [-0.25, -0.2) is 4.98 Å². The summed E-state index contributed by atoms with van der Waals surface area (Å²) in [6.45, 7) is 9.19. The fourth-order valence-corrected chi connectivity index (χ4v) is 4.30. The summed E-state index contributed by atoms with van der Waals surface area (Å²) in [5, 5.41) is 10.8. The fourth-order valence-electron chi connectivity index (χ4n) is 3.41. The van der Waals surface area contributed by atoms with Gasteiger partial charge in [-0.2, -0.15) is 5.26 Å². The molecule has 124 valence electrons. The third-order valence-electron chi connectivity index (χ3n) is 4.61. The van der Waals surface area contributed by atoms with Crippen molar-refractivity contribution in [3.8, 4) is 6.07 Å². The van der Waals surface area contributed by atoms with Gasteiger partial charge in [-0.05, 0) is 38.7 Å². The van der Waals surface area contributed by atoms with E-state index in [1.54, 1.807) is 11.8 Å². The molecule has 0 aliphatic carbocycles. The van der Waals surface area contributed by atoms with E-state index in [1.165, 1.54) is 29.8 Å². The molecule has 23 heavy (non-hydrogen) atoms. The number of rotatable bonds is 4. The Morgan fingerprint density at radius 2 is 2.04 bits per heavy atom. The molecule has 3 heterocycles. The quantitative estimate of drug-likeness (QED) is 0.794. The number of nitrogens with one attached hydrogen (secondary N) is 1. The Kier molecular flexibility index (Phi) is 4.84. The molecule has 2 aliphatic heterocycles. The molecule has 0 saturated carbocycles. The highest BCUT2D eigenvalue weighted by Gasteiger charge is 2.36. The number of fused-ring (bicyclic) bond motifs is 1. The van der Waals surface area contributed by atoms with Gasteiger partial charge in [0.25, 0.3) is 5.82 Å². The second-order valence-electron chi connectivity index (χ2n) is 7.01. The largest absolute Gasteiger partial charge is 0.370 e. The first-order valence-corrected chi connectivity index (χ1v) is 9.57. The van der Waals surface area contributed by atoms with Crippen LogP contribution in [0.4, 0.5) is 5.82 Å². The van der Waals surface area contributed by atoms with E-state index in [0.717, 1.165) is 42.3 Å². The zero-order valence-corrected chi connectivity index (χ0v) is 15.2. The van der Waals surface area contributed by atoms with Crippen LogP contribution in [-0.4, -0.2) is 24.4 Å². The molecule has 3 rings (SSSR count). The second kappa shape index (κ2) is 6.70. The molecule has 1 N–H and O–H groups in total. The Morgan fingerprint density at radius 1 is 1.30 bits per heavy atom. The highest BCUT2D eigenvalue weighted by atomic mass is 32.2.